The van der Waals surface area contributed by atoms with Crippen LogP contribution < -0.4 is 5.73 Å². The molecule has 0 bridgehead atoms. The van der Waals surface area contributed by atoms with Crippen molar-refractivity contribution in [2.75, 3.05) is 13.2 Å². The van der Waals surface area contributed by atoms with Crippen LogP contribution in [0.25, 0.3) is 0 Å². The lowest BCUT2D eigenvalue weighted by Gasteiger charge is -2.04. The molecule has 5 heteroatoms. The Labute approximate surface area is 82.5 Å². The van der Waals surface area contributed by atoms with Crippen LogP contribution in [0.4, 0.5) is 0 Å². The van der Waals surface area contributed by atoms with Crippen LogP contribution in [0.2, 0.25) is 0 Å². The van der Waals surface area contributed by atoms with Gasteiger partial charge in [-0.05, 0) is 26.3 Å². The van der Waals surface area contributed by atoms with Gasteiger partial charge < -0.3 is 15.6 Å². The van der Waals surface area contributed by atoms with Gasteiger partial charge in [-0.2, -0.15) is 0 Å². The average molecular weight is 201 g/mol. The van der Waals surface area contributed by atoms with E-state index in [0.29, 0.717) is 19.4 Å². The number of carbonyl (C=O) groups excluding carboxylic acids is 1. The van der Waals surface area contributed by atoms with Gasteiger partial charge in [-0.25, -0.2) is 9.59 Å². The second kappa shape index (κ2) is 7.08. The molecule has 0 aromatic heterocycles. The van der Waals surface area contributed by atoms with E-state index in [9.17, 15) is 9.59 Å². The molecule has 0 aliphatic carbocycles. The highest BCUT2D eigenvalue weighted by atomic mass is 16.5. The summed E-state index contributed by atoms with van der Waals surface area (Å²) >= 11 is 0. The molecule has 0 saturated carbocycles. The summed E-state index contributed by atoms with van der Waals surface area (Å²) in [5, 5.41) is 8.48. The molecule has 3 N–H and O–H groups in total. The summed E-state index contributed by atoms with van der Waals surface area (Å²) in [7, 11) is 0. The van der Waals surface area contributed by atoms with Crippen LogP contribution in [0.3, 0.4) is 0 Å². The van der Waals surface area contributed by atoms with Gasteiger partial charge in [0.25, 0.3) is 0 Å². The maximum Gasteiger partial charge on any atom is 0.334 e. The van der Waals surface area contributed by atoms with Crippen molar-refractivity contribution in [1.82, 2.24) is 0 Å². The SMILES string of the molecule is CCOC(=O)/C(=C\C(=O)O)CCCN. The summed E-state index contributed by atoms with van der Waals surface area (Å²) in [6.45, 7) is 2.31. The number of carboxylic acids is 1. The van der Waals surface area contributed by atoms with Crippen LogP contribution in [-0.2, 0) is 14.3 Å². The molecule has 0 aromatic rings. The number of carboxylic acid groups (broad SMARTS) is 1. The van der Waals surface area contributed by atoms with Crippen molar-refractivity contribution in [3.05, 3.63) is 11.6 Å². The van der Waals surface area contributed by atoms with Gasteiger partial charge in [0.2, 0.25) is 0 Å². The predicted molar refractivity (Wildman–Crippen MR) is 50.6 cm³/mol. The molecule has 0 fully saturated rings. The topological polar surface area (TPSA) is 89.6 Å². The highest BCUT2D eigenvalue weighted by Crippen LogP contribution is 2.06. The lowest BCUT2D eigenvalue weighted by atomic mass is 10.1. The molecule has 0 aliphatic rings. The molecule has 0 aliphatic heterocycles. The van der Waals surface area contributed by atoms with Crippen molar-refractivity contribution in [3.63, 3.8) is 0 Å². The van der Waals surface area contributed by atoms with Crippen molar-refractivity contribution in [2.24, 2.45) is 5.73 Å². The molecule has 5 nitrogen and oxygen atoms in total. The van der Waals surface area contributed by atoms with Gasteiger partial charge >= 0.3 is 11.9 Å². The van der Waals surface area contributed by atoms with E-state index in [-0.39, 0.29) is 12.2 Å². The summed E-state index contributed by atoms with van der Waals surface area (Å²) < 4.78 is 4.69. The smallest absolute Gasteiger partial charge is 0.334 e. The monoisotopic (exact) mass is 201 g/mol. The Hall–Kier alpha value is -1.36. The Balaban J connectivity index is 4.38. The predicted octanol–water partition coefficient (Wildman–Crippen LogP) is 0.299. The number of hydrogen-bond donors (Lipinski definition) is 2. The van der Waals surface area contributed by atoms with Crippen molar-refractivity contribution < 1.29 is 19.4 Å². The zero-order valence-electron chi connectivity index (χ0n) is 8.16. The summed E-state index contributed by atoms with van der Waals surface area (Å²) in [6, 6.07) is 0. The molecule has 0 amide bonds. The third kappa shape index (κ3) is 5.31. The third-order valence-corrected chi connectivity index (χ3v) is 1.49. The van der Waals surface area contributed by atoms with Gasteiger partial charge in [0.15, 0.2) is 0 Å². The lowest BCUT2D eigenvalue weighted by molar-refractivity contribution is -0.139. The van der Waals surface area contributed by atoms with Crippen LogP contribution in [0.1, 0.15) is 19.8 Å². The number of ether oxygens (including phenoxy) is 1. The fourth-order valence-corrected chi connectivity index (χ4v) is 0.899. The van der Waals surface area contributed by atoms with E-state index < -0.39 is 11.9 Å². The molecule has 0 atom stereocenters. The zero-order chi connectivity index (χ0) is 11.0. The van der Waals surface area contributed by atoms with E-state index in [1.165, 1.54) is 0 Å². The Morgan fingerprint density at radius 3 is 2.57 bits per heavy atom. The Kier molecular flexibility index (Phi) is 6.39. The summed E-state index contributed by atoms with van der Waals surface area (Å²) in [5.41, 5.74) is 5.41. The van der Waals surface area contributed by atoms with Crippen molar-refractivity contribution in [2.45, 2.75) is 19.8 Å². The maximum atomic E-state index is 11.2. The summed E-state index contributed by atoms with van der Waals surface area (Å²) in [6.07, 6.45) is 1.77. The Morgan fingerprint density at radius 1 is 1.50 bits per heavy atom. The van der Waals surface area contributed by atoms with Gasteiger partial charge in [0, 0.05) is 11.6 Å². The first kappa shape index (κ1) is 12.6. The minimum atomic E-state index is -1.15. The average Bonchev–Trinajstić information content (AvgIpc) is 2.12. The first-order valence-corrected chi connectivity index (χ1v) is 4.42. The first-order valence-electron chi connectivity index (χ1n) is 4.42. The van der Waals surface area contributed by atoms with E-state index in [1.807, 2.05) is 0 Å². The quantitative estimate of drug-likeness (QED) is 0.476. The van der Waals surface area contributed by atoms with Crippen LogP contribution in [0.15, 0.2) is 11.6 Å². The molecule has 0 radical (unpaired) electrons. The molecule has 0 saturated heterocycles. The fraction of sp³-hybridized carbons (Fsp3) is 0.556. The standard InChI is InChI=1S/C9H15NO4/c1-2-14-9(13)7(4-3-5-10)6-8(11)12/h6H,2-5,10H2,1H3,(H,11,12)/b7-6-. The van der Waals surface area contributed by atoms with Gasteiger partial charge in [-0.3, -0.25) is 0 Å². The molecule has 0 aromatic carbocycles. The van der Waals surface area contributed by atoms with Gasteiger partial charge in [0.1, 0.15) is 0 Å². The van der Waals surface area contributed by atoms with E-state index in [0.717, 1.165) is 6.08 Å². The molecule has 14 heavy (non-hydrogen) atoms. The minimum absolute atomic E-state index is 0.157. The van der Waals surface area contributed by atoms with Crippen molar-refractivity contribution >= 4 is 11.9 Å². The van der Waals surface area contributed by atoms with E-state index in [2.05, 4.69) is 0 Å². The normalized spacial score (nSPS) is 11.1. The van der Waals surface area contributed by atoms with E-state index in [1.54, 1.807) is 6.92 Å². The van der Waals surface area contributed by atoms with E-state index >= 15 is 0 Å². The highest BCUT2D eigenvalue weighted by molar-refractivity contribution is 5.95. The largest absolute Gasteiger partial charge is 0.478 e. The lowest BCUT2D eigenvalue weighted by Crippen LogP contribution is -2.11. The molecule has 80 valence electrons. The molecule has 0 heterocycles. The van der Waals surface area contributed by atoms with Crippen LogP contribution in [-0.4, -0.2) is 30.2 Å². The van der Waals surface area contributed by atoms with Gasteiger partial charge in [0.05, 0.1) is 6.61 Å². The van der Waals surface area contributed by atoms with Crippen LogP contribution in [0.5, 0.6) is 0 Å². The number of carbonyl (C=O) groups is 2. The number of hydrogen-bond acceptors (Lipinski definition) is 4. The minimum Gasteiger partial charge on any atom is -0.478 e. The van der Waals surface area contributed by atoms with Crippen molar-refractivity contribution in [1.29, 1.82) is 0 Å². The van der Waals surface area contributed by atoms with Gasteiger partial charge in [-0.1, -0.05) is 0 Å². The summed E-state index contributed by atoms with van der Waals surface area (Å²) in [4.78, 5) is 21.6. The second-order valence-corrected chi connectivity index (χ2v) is 2.62. The van der Waals surface area contributed by atoms with E-state index in [4.69, 9.17) is 15.6 Å². The fourth-order valence-electron chi connectivity index (χ4n) is 0.899. The molecule has 0 unspecified atom stereocenters. The maximum absolute atomic E-state index is 11.2. The zero-order valence-corrected chi connectivity index (χ0v) is 8.16. The Morgan fingerprint density at radius 2 is 2.14 bits per heavy atom. The third-order valence-electron chi connectivity index (χ3n) is 1.49. The van der Waals surface area contributed by atoms with Crippen LogP contribution in [0, 0.1) is 0 Å². The molecule has 0 spiro atoms. The number of nitrogens with two attached hydrogens (primary N) is 1. The molecule has 0 rings (SSSR count). The number of aliphatic carboxylic acids is 1. The van der Waals surface area contributed by atoms with Crippen LogP contribution >= 0.6 is 0 Å². The van der Waals surface area contributed by atoms with Gasteiger partial charge in [-0.15, -0.1) is 0 Å². The number of esters is 1. The number of rotatable bonds is 6. The Bertz CT molecular complexity index is 235. The second-order valence-electron chi connectivity index (χ2n) is 2.62. The molecular weight excluding hydrogens is 186 g/mol. The first-order chi connectivity index (χ1) is 6.61. The molecular formula is C9H15NO4. The van der Waals surface area contributed by atoms with Crippen molar-refractivity contribution in [3.8, 4) is 0 Å². The highest BCUT2D eigenvalue weighted by Gasteiger charge is 2.11. The summed E-state index contributed by atoms with van der Waals surface area (Å²) in [5.74, 6) is -1.73.